The van der Waals surface area contributed by atoms with Gasteiger partial charge in [0.25, 0.3) is 5.91 Å². The average molecular weight is 448 g/mol. The first-order valence-electron chi connectivity index (χ1n) is 11.5. The van der Waals surface area contributed by atoms with Crippen molar-refractivity contribution in [1.29, 1.82) is 5.26 Å². The molecule has 0 radical (unpaired) electrons. The molecule has 2 aromatic rings. The Hall–Kier alpha value is -3.21. The number of ether oxygens (including phenoxy) is 1. The van der Waals surface area contributed by atoms with Gasteiger partial charge in [0.05, 0.1) is 24.3 Å². The fourth-order valence-electron chi connectivity index (χ4n) is 4.66. The van der Waals surface area contributed by atoms with Crippen molar-refractivity contribution >= 4 is 17.5 Å². The Morgan fingerprint density at radius 1 is 1.12 bits per heavy atom. The molecule has 2 fully saturated rings. The van der Waals surface area contributed by atoms with Gasteiger partial charge in [0.1, 0.15) is 12.7 Å². The van der Waals surface area contributed by atoms with Crippen molar-refractivity contribution < 1.29 is 19.4 Å². The average Bonchev–Trinajstić information content (AvgIpc) is 2.86. The van der Waals surface area contributed by atoms with Gasteiger partial charge in [0.15, 0.2) is 0 Å². The molecule has 1 saturated carbocycles. The van der Waals surface area contributed by atoms with Gasteiger partial charge in [-0.1, -0.05) is 31.4 Å². The SMILES string of the molecule is N#Cc1ccc(C(=O)Nc2ccc(C(O)C3COCC(=O)N3CC3CCCCC3)cc2)cc1. The lowest BCUT2D eigenvalue weighted by Gasteiger charge is -2.40. The summed E-state index contributed by atoms with van der Waals surface area (Å²) in [5.74, 6) is 0.134. The summed E-state index contributed by atoms with van der Waals surface area (Å²) in [5, 5.41) is 22.8. The summed E-state index contributed by atoms with van der Waals surface area (Å²) in [7, 11) is 0. The van der Waals surface area contributed by atoms with Crippen LogP contribution in [0, 0.1) is 17.2 Å². The Bertz CT molecular complexity index is 1010. The molecule has 7 nitrogen and oxygen atoms in total. The molecule has 1 aliphatic heterocycles. The lowest BCUT2D eigenvalue weighted by Crippen LogP contribution is -2.53. The van der Waals surface area contributed by atoms with Crippen molar-refractivity contribution in [2.24, 2.45) is 5.92 Å². The summed E-state index contributed by atoms with van der Waals surface area (Å²) in [6.07, 6.45) is 5.04. The van der Waals surface area contributed by atoms with Gasteiger partial charge in [-0.15, -0.1) is 0 Å². The number of nitrogens with one attached hydrogen (secondary N) is 1. The number of aliphatic hydroxyl groups excluding tert-OH is 1. The van der Waals surface area contributed by atoms with E-state index in [2.05, 4.69) is 5.32 Å². The van der Waals surface area contributed by atoms with E-state index in [4.69, 9.17) is 10.00 Å². The molecule has 7 heteroatoms. The predicted molar refractivity (Wildman–Crippen MR) is 123 cm³/mol. The van der Waals surface area contributed by atoms with E-state index >= 15 is 0 Å². The van der Waals surface area contributed by atoms with Crippen LogP contribution in [0.4, 0.5) is 5.69 Å². The maximum atomic E-state index is 12.6. The minimum Gasteiger partial charge on any atom is -0.386 e. The summed E-state index contributed by atoms with van der Waals surface area (Å²) < 4.78 is 5.47. The number of nitrogens with zero attached hydrogens (tertiary/aromatic N) is 2. The van der Waals surface area contributed by atoms with Crippen molar-refractivity contribution in [1.82, 2.24) is 4.90 Å². The molecule has 0 bridgehead atoms. The molecule has 1 aliphatic carbocycles. The zero-order valence-electron chi connectivity index (χ0n) is 18.6. The van der Waals surface area contributed by atoms with Crippen molar-refractivity contribution in [2.75, 3.05) is 25.1 Å². The Balaban J connectivity index is 1.41. The van der Waals surface area contributed by atoms with E-state index in [1.54, 1.807) is 48.5 Å². The van der Waals surface area contributed by atoms with Gasteiger partial charge in [-0.25, -0.2) is 0 Å². The zero-order valence-corrected chi connectivity index (χ0v) is 18.6. The van der Waals surface area contributed by atoms with Crippen molar-refractivity contribution in [3.8, 4) is 6.07 Å². The highest BCUT2D eigenvalue weighted by Gasteiger charge is 2.36. The standard InChI is InChI=1S/C26H29N3O4/c27-14-18-6-8-21(9-7-18)26(32)28-22-12-10-20(11-13-22)25(31)23-16-33-17-24(30)29(23)15-19-4-2-1-3-5-19/h6-13,19,23,25,31H,1-5,15-17H2,(H,28,32). The summed E-state index contributed by atoms with van der Waals surface area (Å²) in [4.78, 5) is 26.8. The summed E-state index contributed by atoms with van der Waals surface area (Å²) >= 11 is 0. The first kappa shape index (κ1) is 23.0. The van der Waals surface area contributed by atoms with Crippen molar-refractivity contribution in [3.63, 3.8) is 0 Å². The molecule has 2 N–H and O–H groups in total. The van der Waals surface area contributed by atoms with Crippen LogP contribution in [0.2, 0.25) is 0 Å². The molecule has 33 heavy (non-hydrogen) atoms. The van der Waals surface area contributed by atoms with Gasteiger partial charge in [-0.2, -0.15) is 5.26 Å². The van der Waals surface area contributed by atoms with Crippen LogP contribution in [0.15, 0.2) is 48.5 Å². The number of hydrogen-bond donors (Lipinski definition) is 2. The van der Waals surface area contributed by atoms with E-state index in [9.17, 15) is 14.7 Å². The van der Waals surface area contributed by atoms with Gasteiger partial charge in [-0.05, 0) is 60.7 Å². The maximum absolute atomic E-state index is 12.6. The lowest BCUT2D eigenvalue weighted by atomic mass is 9.88. The molecule has 2 unspecified atom stereocenters. The van der Waals surface area contributed by atoms with Crippen LogP contribution < -0.4 is 5.32 Å². The van der Waals surface area contributed by atoms with Gasteiger partial charge < -0.3 is 20.1 Å². The Labute approximate surface area is 194 Å². The number of benzene rings is 2. The van der Waals surface area contributed by atoms with E-state index in [1.165, 1.54) is 19.3 Å². The lowest BCUT2D eigenvalue weighted by molar-refractivity contribution is -0.155. The minimum absolute atomic E-state index is 0.0657. The first-order chi connectivity index (χ1) is 16.0. The fourth-order valence-corrected chi connectivity index (χ4v) is 4.66. The molecule has 0 aromatic heterocycles. The van der Waals surface area contributed by atoms with Crippen LogP contribution in [0.25, 0.3) is 0 Å². The van der Waals surface area contributed by atoms with Gasteiger partial charge in [-0.3, -0.25) is 9.59 Å². The normalized spacial score (nSPS) is 20.2. The smallest absolute Gasteiger partial charge is 0.255 e. The molecule has 0 spiro atoms. The molecule has 2 aliphatic rings. The van der Waals surface area contributed by atoms with Crippen LogP contribution in [-0.2, 0) is 9.53 Å². The Kier molecular flexibility index (Phi) is 7.38. The number of carbonyl (C=O) groups excluding carboxylic acids is 2. The van der Waals surface area contributed by atoms with E-state index < -0.39 is 12.1 Å². The van der Waals surface area contributed by atoms with Crippen LogP contribution in [0.5, 0.6) is 0 Å². The summed E-state index contributed by atoms with van der Waals surface area (Å²) in [6.45, 7) is 1.04. The van der Waals surface area contributed by atoms with Crippen LogP contribution in [0.1, 0.15) is 59.7 Å². The highest BCUT2D eigenvalue weighted by atomic mass is 16.5. The predicted octanol–water partition coefficient (Wildman–Crippen LogP) is 3.65. The monoisotopic (exact) mass is 447 g/mol. The molecule has 1 saturated heterocycles. The van der Waals surface area contributed by atoms with E-state index in [0.717, 1.165) is 12.8 Å². The summed E-state index contributed by atoms with van der Waals surface area (Å²) in [5.41, 5.74) is 2.21. The number of anilines is 1. The fraction of sp³-hybridized carbons (Fsp3) is 0.423. The molecular weight excluding hydrogens is 418 g/mol. The largest absolute Gasteiger partial charge is 0.386 e. The van der Waals surface area contributed by atoms with Crippen LogP contribution in [0.3, 0.4) is 0 Å². The first-order valence-corrected chi connectivity index (χ1v) is 11.5. The van der Waals surface area contributed by atoms with E-state index in [-0.39, 0.29) is 18.4 Å². The number of carbonyl (C=O) groups is 2. The third kappa shape index (κ3) is 5.59. The van der Waals surface area contributed by atoms with Crippen LogP contribution >= 0.6 is 0 Å². The number of rotatable bonds is 6. The molecule has 2 amide bonds. The third-order valence-electron chi connectivity index (χ3n) is 6.57. The van der Waals surface area contributed by atoms with Gasteiger partial charge >= 0.3 is 0 Å². The second-order valence-electron chi connectivity index (χ2n) is 8.84. The van der Waals surface area contributed by atoms with Crippen molar-refractivity contribution in [2.45, 2.75) is 44.2 Å². The maximum Gasteiger partial charge on any atom is 0.255 e. The number of aliphatic hydroxyl groups is 1. The Morgan fingerprint density at radius 3 is 2.48 bits per heavy atom. The van der Waals surface area contributed by atoms with Crippen LogP contribution in [-0.4, -0.2) is 47.6 Å². The number of hydrogen-bond acceptors (Lipinski definition) is 5. The summed E-state index contributed by atoms with van der Waals surface area (Å²) in [6, 6.07) is 15.0. The third-order valence-corrected chi connectivity index (χ3v) is 6.57. The molecular formula is C26H29N3O4. The van der Waals surface area contributed by atoms with E-state index in [0.29, 0.717) is 41.4 Å². The highest BCUT2D eigenvalue weighted by Crippen LogP contribution is 2.30. The second kappa shape index (κ2) is 10.6. The minimum atomic E-state index is -0.874. The van der Waals surface area contributed by atoms with E-state index in [1.807, 2.05) is 11.0 Å². The highest BCUT2D eigenvalue weighted by molar-refractivity contribution is 6.04. The van der Waals surface area contributed by atoms with Gasteiger partial charge in [0, 0.05) is 17.8 Å². The molecule has 1 heterocycles. The molecule has 172 valence electrons. The topological polar surface area (TPSA) is 103 Å². The quantitative estimate of drug-likeness (QED) is 0.704. The molecule has 2 aromatic carbocycles. The second-order valence-corrected chi connectivity index (χ2v) is 8.84. The zero-order chi connectivity index (χ0) is 23.2. The molecule has 4 rings (SSSR count). The Morgan fingerprint density at radius 2 is 1.82 bits per heavy atom. The van der Waals surface area contributed by atoms with Crippen molar-refractivity contribution in [3.05, 3.63) is 65.2 Å². The number of morpholine rings is 1. The molecule has 2 atom stereocenters. The number of amides is 2. The van der Waals surface area contributed by atoms with Gasteiger partial charge in [0.2, 0.25) is 5.91 Å². The number of nitriles is 1.